The molecule has 0 saturated heterocycles. The summed E-state index contributed by atoms with van der Waals surface area (Å²) in [5, 5.41) is 17.1. The molecule has 4 aromatic rings. The van der Waals surface area contributed by atoms with Crippen LogP contribution in [-0.2, 0) is 4.74 Å². The van der Waals surface area contributed by atoms with E-state index in [1.165, 1.54) is 0 Å². The molecular weight excluding hydrogens is 354 g/mol. The second kappa shape index (κ2) is 6.58. The van der Waals surface area contributed by atoms with E-state index in [2.05, 4.69) is 16.1 Å². The minimum atomic E-state index is -1.12. The second-order valence-corrected chi connectivity index (χ2v) is 7.23. The zero-order chi connectivity index (χ0) is 19.3. The molecule has 1 saturated carbocycles. The van der Waals surface area contributed by atoms with Gasteiger partial charge in [0.2, 0.25) is 6.29 Å². The van der Waals surface area contributed by atoms with Crippen LogP contribution in [0, 0.1) is 0 Å². The molecule has 2 heterocycles. The van der Waals surface area contributed by atoms with Crippen LogP contribution in [0.4, 0.5) is 0 Å². The molecular formula is C22H21N3O3. The quantitative estimate of drug-likeness (QED) is 0.521. The smallest absolute Gasteiger partial charge is 0.274 e. The molecule has 2 N–H and O–H groups in total. The van der Waals surface area contributed by atoms with Crippen LogP contribution in [0.1, 0.15) is 43.2 Å². The molecule has 0 spiro atoms. The number of nitrogens with one attached hydrogen (secondary N) is 1. The van der Waals surface area contributed by atoms with Gasteiger partial charge in [0.05, 0.1) is 11.9 Å². The first kappa shape index (κ1) is 17.2. The third kappa shape index (κ3) is 2.82. The minimum absolute atomic E-state index is 0.199. The van der Waals surface area contributed by atoms with Gasteiger partial charge >= 0.3 is 0 Å². The van der Waals surface area contributed by atoms with Crippen molar-refractivity contribution >= 4 is 16.3 Å². The zero-order valence-electron chi connectivity index (χ0n) is 15.6. The number of H-pyrrole nitrogens is 1. The van der Waals surface area contributed by atoms with E-state index in [4.69, 9.17) is 4.74 Å². The number of rotatable bonds is 5. The summed E-state index contributed by atoms with van der Waals surface area (Å²) in [6.07, 6.45) is 2.69. The number of aromatic nitrogens is 3. The largest absolute Gasteiger partial charge is 0.363 e. The zero-order valence-corrected chi connectivity index (χ0v) is 15.6. The van der Waals surface area contributed by atoms with Gasteiger partial charge in [-0.1, -0.05) is 36.4 Å². The number of ether oxygens (including phenoxy) is 1. The lowest BCUT2D eigenvalue weighted by atomic mass is 10.1. The minimum Gasteiger partial charge on any atom is -0.363 e. The van der Waals surface area contributed by atoms with Gasteiger partial charge in [-0.25, -0.2) is 4.52 Å². The van der Waals surface area contributed by atoms with E-state index in [1.54, 1.807) is 4.52 Å². The molecule has 6 nitrogen and oxygen atoms in total. The van der Waals surface area contributed by atoms with E-state index in [-0.39, 0.29) is 11.5 Å². The van der Waals surface area contributed by atoms with Crippen LogP contribution in [0.2, 0.25) is 0 Å². The summed E-state index contributed by atoms with van der Waals surface area (Å²) >= 11 is 0. The standard InChI is InChI=1S/C22H21N3O3/c1-2-28-22(27)19-18(14-8-9-14)20-21(26)23-17(12-25(20)24-19)16-10-7-13-5-3-4-6-15(13)11-16/h3-7,10-12,14,22,27H,2,8-9H2,1H3,(H,23,26). The third-order valence-electron chi connectivity index (χ3n) is 5.29. The Bertz CT molecular complexity index is 1240. The second-order valence-electron chi connectivity index (χ2n) is 7.23. The maximum absolute atomic E-state index is 12.9. The summed E-state index contributed by atoms with van der Waals surface area (Å²) in [6, 6.07) is 14.2. The normalized spacial score (nSPS) is 15.4. The highest BCUT2D eigenvalue weighted by molar-refractivity contribution is 5.86. The molecule has 1 atom stereocenters. The Labute approximate surface area is 161 Å². The first-order valence-electron chi connectivity index (χ1n) is 9.60. The van der Waals surface area contributed by atoms with Gasteiger partial charge in [-0.05, 0) is 42.5 Å². The molecule has 1 aliphatic carbocycles. The summed E-state index contributed by atoms with van der Waals surface area (Å²) in [4.78, 5) is 15.9. The maximum Gasteiger partial charge on any atom is 0.274 e. The SMILES string of the molecule is CCOC(O)c1nn2cc(-c3ccc4ccccc4c3)[nH]c(=O)c2c1C1CC1. The number of hydrogen-bond acceptors (Lipinski definition) is 4. The van der Waals surface area contributed by atoms with Gasteiger partial charge in [0.25, 0.3) is 5.56 Å². The number of nitrogens with zero attached hydrogens (tertiary/aromatic N) is 2. The van der Waals surface area contributed by atoms with Gasteiger partial charge in [0, 0.05) is 17.7 Å². The lowest BCUT2D eigenvalue weighted by Gasteiger charge is -2.09. The summed E-state index contributed by atoms with van der Waals surface area (Å²) in [6.45, 7) is 2.19. The van der Waals surface area contributed by atoms with Crippen LogP contribution in [0.15, 0.2) is 53.5 Å². The highest BCUT2D eigenvalue weighted by atomic mass is 16.6. The molecule has 6 heteroatoms. The number of aliphatic hydroxyl groups is 1. The van der Waals surface area contributed by atoms with Crippen LogP contribution < -0.4 is 5.56 Å². The van der Waals surface area contributed by atoms with Crippen molar-refractivity contribution in [2.75, 3.05) is 6.61 Å². The first-order chi connectivity index (χ1) is 13.7. The Morgan fingerprint density at radius 3 is 2.79 bits per heavy atom. The average molecular weight is 375 g/mol. The van der Waals surface area contributed by atoms with Crippen LogP contribution in [-0.4, -0.2) is 26.3 Å². The predicted octanol–water partition coefficient (Wildman–Crippen LogP) is 3.75. The van der Waals surface area contributed by atoms with Gasteiger partial charge in [0.15, 0.2) is 0 Å². The Balaban J connectivity index is 1.68. The van der Waals surface area contributed by atoms with Crippen molar-refractivity contribution in [1.82, 2.24) is 14.6 Å². The van der Waals surface area contributed by atoms with Crippen molar-refractivity contribution < 1.29 is 9.84 Å². The lowest BCUT2D eigenvalue weighted by Crippen LogP contribution is -2.12. The Kier molecular flexibility index (Phi) is 4.03. The van der Waals surface area contributed by atoms with Gasteiger partial charge < -0.3 is 14.8 Å². The fourth-order valence-corrected chi connectivity index (χ4v) is 3.82. The van der Waals surface area contributed by atoms with E-state index in [0.717, 1.165) is 34.7 Å². The molecule has 0 radical (unpaired) electrons. The van der Waals surface area contributed by atoms with Crippen molar-refractivity contribution in [3.05, 3.63) is 70.3 Å². The van der Waals surface area contributed by atoms with Crippen molar-refractivity contribution in [3.8, 4) is 11.3 Å². The van der Waals surface area contributed by atoms with E-state index in [1.807, 2.05) is 49.5 Å². The molecule has 0 bridgehead atoms. The summed E-state index contributed by atoms with van der Waals surface area (Å²) in [5.41, 5.74) is 3.16. The highest BCUT2D eigenvalue weighted by Gasteiger charge is 2.34. The molecule has 5 rings (SSSR count). The number of fused-ring (bicyclic) bond motifs is 2. The van der Waals surface area contributed by atoms with Crippen LogP contribution in [0.25, 0.3) is 27.5 Å². The lowest BCUT2D eigenvalue weighted by molar-refractivity contribution is -0.101. The highest BCUT2D eigenvalue weighted by Crippen LogP contribution is 2.44. The summed E-state index contributed by atoms with van der Waals surface area (Å²) < 4.78 is 6.94. The fourth-order valence-electron chi connectivity index (χ4n) is 3.82. The number of aliphatic hydroxyl groups excluding tert-OH is 1. The van der Waals surface area contributed by atoms with E-state index in [0.29, 0.717) is 23.5 Å². The topological polar surface area (TPSA) is 79.6 Å². The molecule has 1 fully saturated rings. The molecule has 0 aliphatic heterocycles. The number of aromatic amines is 1. The van der Waals surface area contributed by atoms with E-state index in [9.17, 15) is 9.90 Å². The molecule has 2 aromatic heterocycles. The Morgan fingerprint density at radius 1 is 1.25 bits per heavy atom. The molecule has 1 aliphatic rings. The van der Waals surface area contributed by atoms with Crippen molar-refractivity contribution in [2.45, 2.75) is 32.0 Å². The molecule has 28 heavy (non-hydrogen) atoms. The van der Waals surface area contributed by atoms with E-state index >= 15 is 0 Å². The van der Waals surface area contributed by atoms with Gasteiger partial charge in [-0.2, -0.15) is 5.10 Å². The fraction of sp³-hybridized carbons (Fsp3) is 0.273. The van der Waals surface area contributed by atoms with Crippen LogP contribution in [0.3, 0.4) is 0 Å². The van der Waals surface area contributed by atoms with E-state index < -0.39 is 6.29 Å². The summed E-state index contributed by atoms with van der Waals surface area (Å²) in [7, 11) is 0. The molecule has 2 aromatic carbocycles. The van der Waals surface area contributed by atoms with Gasteiger partial charge in [-0.3, -0.25) is 4.79 Å². The molecule has 142 valence electrons. The summed E-state index contributed by atoms with van der Waals surface area (Å²) in [5.74, 6) is 0.259. The van der Waals surface area contributed by atoms with Crippen LogP contribution >= 0.6 is 0 Å². The number of benzene rings is 2. The average Bonchev–Trinajstić information content (AvgIpc) is 3.47. The monoisotopic (exact) mass is 375 g/mol. The maximum atomic E-state index is 12.9. The Morgan fingerprint density at radius 2 is 2.04 bits per heavy atom. The predicted molar refractivity (Wildman–Crippen MR) is 107 cm³/mol. The van der Waals surface area contributed by atoms with Gasteiger partial charge in [0.1, 0.15) is 11.2 Å². The van der Waals surface area contributed by atoms with Crippen molar-refractivity contribution in [2.24, 2.45) is 0 Å². The molecule has 1 unspecified atom stereocenters. The third-order valence-corrected chi connectivity index (χ3v) is 5.29. The number of hydrogen-bond donors (Lipinski definition) is 2. The van der Waals surface area contributed by atoms with Crippen molar-refractivity contribution in [1.29, 1.82) is 0 Å². The molecule has 0 amide bonds. The Hall–Kier alpha value is -2.96. The first-order valence-corrected chi connectivity index (χ1v) is 9.60. The van der Waals surface area contributed by atoms with Crippen LogP contribution in [0.5, 0.6) is 0 Å². The van der Waals surface area contributed by atoms with Crippen molar-refractivity contribution in [3.63, 3.8) is 0 Å². The van der Waals surface area contributed by atoms with Gasteiger partial charge in [-0.15, -0.1) is 0 Å².